The second-order valence-electron chi connectivity index (χ2n) is 3.50. The van der Waals surface area contributed by atoms with Gasteiger partial charge in [0.1, 0.15) is 11.4 Å². The van der Waals surface area contributed by atoms with E-state index in [-0.39, 0.29) is 17.3 Å². The third-order valence-corrected chi connectivity index (χ3v) is 2.68. The molecule has 1 aromatic carbocycles. The first-order chi connectivity index (χ1) is 8.52. The molecule has 7 heteroatoms. The summed E-state index contributed by atoms with van der Waals surface area (Å²) in [5.74, 6) is -0.556. The number of anilines is 1. The normalized spacial score (nSPS) is 10.3. The monoisotopic (exact) mass is 267 g/mol. The quantitative estimate of drug-likeness (QED) is 0.790. The van der Waals surface area contributed by atoms with Crippen LogP contribution < -0.4 is 10.5 Å². The lowest BCUT2D eigenvalue weighted by Crippen LogP contribution is -1.99. The highest BCUT2D eigenvalue weighted by Crippen LogP contribution is 2.32. The van der Waals surface area contributed by atoms with Crippen LogP contribution in [0.15, 0.2) is 18.2 Å². The van der Waals surface area contributed by atoms with Crippen molar-refractivity contribution in [1.82, 2.24) is 9.97 Å². The standard InChI is InChI=1S/C11H10ClN3O3/c1-18-5-2-3-6(7(12)4-5)8-9(10(16)17)15-11(13)14-8/h2-4H,1H3,(H,16,17)(H3,13,14,15). The van der Waals surface area contributed by atoms with Crippen LogP contribution in [0.4, 0.5) is 5.95 Å². The molecule has 94 valence electrons. The van der Waals surface area contributed by atoms with Crippen molar-refractivity contribution < 1.29 is 14.6 Å². The van der Waals surface area contributed by atoms with Crippen molar-refractivity contribution >= 4 is 23.5 Å². The molecule has 0 bridgehead atoms. The molecule has 6 nitrogen and oxygen atoms in total. The van der Waals surface area contributed by atoms with E-state index in [1.165, 1.54) is 7.11 Å². The Morgan fingerprint density at radius 1 is 1.56 bits per heavy atom. The number of nitrogen functional groups attached to an aromatic ring is 1. The van der Waals surface area contributed by atoms with E-state index < -0.39 is 5.97 Å². The number of halogens is 1. The summed E-state index contributed by atoms with van der Waals surface area (Å²) in [6, 6.07) is 4.87. The fraction of sp³-hybridized carbons (Fsp3) is 0.0909. The minimum Gasteiger partial charge on any atom is -0.497 e. The zero-order chi connectivity index (χ0) is 13.3. The van der Waals surface area contributed by atoms with E-state index in [0.717, 1.165) is 0 Å². The van der Waals surface area contributed by atoms with Crippen molar-refractivity contribution in [2.24, 2.45) is 0 Å². The molecule has 0 spiro atoms. The molecule has 0 saturated carbocycles. The van der Waals surface area contributed by atoms with Gasteiger partial charge in [-0.3, -0.25) is 0 Å². The number of hydrogen-bond donors (Lipinski definition) is 3. The Bertz CT molecular complexity index is 610. The maximum atomic E-state index is 11.0. The van der Waals surface area contributed by atoms with Gasteiger partial charge in [0.25, 0.3) is 0 Å². The van der Waals surface area contributed by atoms with Crippen LogP contribution in [-0.4, -0.2) is 28.2 Å². The number of carboxylic acid groups (broad SMARTS) is 1. The minimum absolute atomic E-state index is 0.0225. The van der Waals surface area contributed by atoms with Crippen LogP contribution in [0.1, 0.15) is 10.5 Å². The van der Waals surface area contributed by atoms with Gasteiger partial charge >= 0.3 is 5.97 Å². The van der Waals surface area contributed by atoms with E-state index in [9.17, 15) is 4.79 Å². The molecule has 0 atom stereocenters. The Balaban J connectivity index is 2.58. The Labute approximate surface area is 107 Å². The minimum atomic E-state index is -1.15. The smallest absolute Gasteiger partial charge is 0.354 e. The number of nitrogens with one attached hydrogen (secondary N) is 1. The summed E-state index contributed by atoms with van der Waals surface area (Å²) in [7, 11) is 1.51. The number of aromatic nitrogens is 2. The van der Waals surface area contributed by atoms with E-state index in [4.69, 9.17) is 27.2 Å². The summed E-state index contributed by atoms with van der Waals surface area (Å²) in [6.07, 6.45) is 0. The number of carboxylic acids is 1. The topological polar surface area (TPSA) is 101 Å². The number of aromatic carboxylic acids is 1. The molecule has 1 aromatic heterocycles. The number of rotatable bonds is 3. The third-order valence-electron chi connectivity index (χ3n) is 2.37. The fourth-order valence-electron chi connectivity index (χ4n) is 1.56. The van der Waals surface area contributed by atoms with Gasteiger partial charge < -0.3 is 20.6 Å². The Kier molecular flexibility index (Phi) is 3.12. The van der Waals surface area contributed by atoms with Crippen LogP contribution in [0.3, 0.4) is 0 Å². The number of nitrogens with two attached hydrogens (primary N) is 1. The van der Waals surface area contributed by atoms with Crippen molar-refractivity contribution in [3.8, 4) is 17.0 Å². The number of imidazole rings is 1. The second-order valence-corrected chi connectivity index (χ2v) is 3.90. The van der Waals surface area contributed by atoms with Gasteiger partial charge in [-0.25, -0.2) is 9.78 Å². The van der Waals surface area contributed by atoms with Crippen molar-refractivity contribution in [1.29, 1.82) is 0 Å². The van der Waals surface area contributed by atoms with Crippen LogP contribution >= 0.6 is 11.6 Å². The molecule has 4 N–H and O–H groups in total. The highest BCUT2D eigenvalue weighted by molar-refractivity contribution is 6.33. The number of aromatic amines is 1. The Hall–Kier alpha value is -2.21. The lowest BCUT2D eigenvalue weighted by molar-refractivity contribution is 0.0692. The summed E-state index contributed by atoms with van der Waals surface area (Å²) in [6.45, 7) is 0. The SMILES string of the molecule is COc1ccc(-c2nc(N)[nH]c2C(=O)O)c(Cl)c1. The largest absolute Gasteiger partial charge is 0.497 e. The molecule has 2 aromatic rings. The van der Waals surface area contributed by atoms with Gasteiger partial charge in [0.05, 0.1) is 12.1 Å². The number of methoxy groups -OCH3 is 1. The van der Waals surface area contributed by atoms with Crippen LogP contribution in [-0.2, 0) is 0 Å². The molecule has 0 aliphatic rings. The molecular weight excluding hydrogens is 258 g/mol. The van der Waals surface area contributed by atoms with Crippen LogP contribution in [0.25, 0.3) is 11.3 Å². The highest BCUT2D eigenvalue weighted by Gasteiger charge is 2.19. The first-order valence-corrected chi connectivity index (χ1v) is 5.33. The number of hydrogen-bond acceptors (Lipinski definition) is 4. The molecule has 0 aliphatic heterocycles. The van der Waals surface area contributed by atoms with Gasteiger partial charge in [-0.2, -0.15) is 0 Å². The molecule has 0 amide bonds. The first-order valence-electron chi connectivity index (χ1n) is 4.95. The molecule has 2 rings (SSSR count). The number of H-pyrrole nitrogens is 1. The first kappa shape index (κ1) is 12.3. The van der Waals surface area contributed by atoms with Crippen molar-refractivity contribution in [3.05, 3.63) is 28.9 Å². The third kappa shape index (κ3) is 2.10. The Morgan fingerprint density at radius 3 is 2.83 bits per heavy atom. The molecule has 0 aliphatic carbocycles. The summed E-state index contributed by atoms with van der Waals surface area (Å²) in [5.41, 5.74) is 6.04. The predicted octanol–water partition coefficient (Wildman–Crippen LogP) is 2.02. The van der Waals surface area contributed by atoms with E-state index in [2.05, 4.69) is 9.97 Å². The van der Waals surface area contributed by atoms with Gasteiger partial charge in [0.2, 0.25) is 0 Å². The number of carbonyl (C=O) groups is 1. The predicted molar refractivity (Wildman–Crippen MR) is 67.0 cm³/mol. The van der Waals surface area contributed by atoms with Gasteiger partial charge in [-0.05, 0) is 18.2 Å². The van der Waals surface area contributed by atoms with Crippen molar-refractivity contribution in [2.45, 2.75) is 0 Å². The van der Waals surface area contributed by atoms with Crippen LogP contribution in [0.2, 0.25) is 5.02 Å². The van der Waals surface area contributed by atoms with Crippen molar-refractivity contribution in [3.63, 3.8) is 0 Å². The average molecular weight is 268 g/mol. The van der Waals surface area contributed by atoms with E-state index in [1.807, 2.05) is 0 Å². The summed E-state index contributed by atoms with van der Waals surface area (Å²) >= 11 is 6.06. The summed E-state index contributed by atoms with van der Waals surface area (Å²) in [4.78, 5) is 17.5. The maximum absolute atomic E-state index is 11.0. The molecule has 0 unspecified atom stereocenters. The van der Waals surface area contributed by atoms with E-state index in [0.29, 0.717) is 16.3 Å². The van der Waals surface area contributed by atoms with E-state index in [1.54, 1.807) is 18.2 Å². The number of benzene rings is 1. The second kappa shape index (κ2) is 4.58. The summed E-state index contributed by atoms with van der Waals surface area (Å²) < 4.78 is 5.02. The Morgan fingerprint density at radius 2 is 2.28 bits per heavy atom. The maximum Gasteiger partial charge on any atom is 0.354 e. The van der Waals surface area contributed by atoms with Crippen molar-refractivity contribution in [2.75, 3.05) is 12.8 Å². The molecular formula is C11H10ClN3O3. The molecule has 0 radical (unpaired) electrons. The lowest BCUT2D eigenvalue weighted by atomic mass is 10.1. The lowest BCUT2D eigenvalue weighted by Gasteiger charge is -2.05. The fourth-order valence-corrected chi connectivity index (χ4v) is 1.82. The van der Waals surface area contributed by atoms with Crippen LogP contribution in [0.5, 0.6) is 5.75 Å². The molecule has 18 heavy (non-hydrogen) atoms. The van der Waals surface area contributed by atoms with Gasteiger partial charge in [0.15, 0.2) is 11.6 Å². The summed E-state index contributed by atoms with van der Waals surface area (Å²) in [5, 5.41) is 9.37. The number of ether oxygens (including phenoxy) is 1. The van der Waals surface area contributed by atoms with E-state index >= 15 is 0 Å². The average Bonchev–Trinajstić information content (AvgIpc) is 2.71. The van der Waals surface area contributed by atoms with Gasteiger partial charge in [-0.1, -0.05) is 11.6 Å². The zero-order valence-corrected chi connectivity index (χ0v) is 10.2. The van der Waals surface area contributed by atoms with Crippen LogP contribution in [0, 0.1) is 0 Å². The molecule has 0 saturated heterocycles. The highest BCUT2D eigenvalue weighted by atomic mass is 35.5. The van der Waals surface area contributed by atoms with Gasteiger partial charge in [0, 0.05) is 5.56 Å². The number of nitrogens with zero attached hydrogens (tertiary/aromatic N) is 1. The zero-order valence-electron chi connectivity index (χ0n) is 9.40. The molecule has 1 heterocycles. The molecule has 0 fully saturated rings. The van der Waals surface area contributed by atoms with Gasteiger partial charge in [-0.15, -0.1) is 0 Å².